The van der Waals surface area contributed by atoms with Gasteiger partial charge in [-0.15, -0.1) is 0 Å². The summed E-state index contributed by atoms with van der Waals surface area (Å²) in [7, 11) is 0. The number of fused-ring (bicyclic) bond motifs is 1. The van der Waals surface area contributed by atoms with Gasteiger partial charge in [-0.2, -0.15) is 22.0 Å². The first-order valence-corrected chi connectivity index (χ1v) is 6.68. The van der Waals surface area contributed by atoms with Gasteiger partial charge < -0.3 is 20.3 Å². The summed E-state index contributed by atoms with van der Waals surface area (Å²) in [6.07, 6.45) is -11.3. The van der Waals surface area contributed by atoms with Crippen LogP contribution in [0.5, 0.6) is 11.5 Å². The highest BCUT2D eigenvalue weighted by atomic mass is 19.4. The van der Waals surface area contributed by atoms with Gasteiger partial charge in [0.2, 0.25) is 0 Å². The zero-order valence-corrected chi connectivity index (χ0v) is 12.5. The van der Waals surface area contributed by atoms with Crippen molar-refractivity contribution >= 4 is 22.8 Å². The van der Waals surface area contributed by atoms with Crippen LogP contribution in [0.1, 0.15) is 10.5 Å². The molecule has 3 N–H and O–H groups in total. The van der Waals surface area contributed by atoms with E-state index in [1.54, 1.807) is 0 Å². The van der Waals surface area contributed by atoms with Crippen molar-refractivity contribution < 1.29 is 46.5 Å². The van der Waals surface area contributed by atoms with Crippen molar-refractivity contribution in [3.8, 4) is 11.5 Å². The van der Waals surface area contributed by atoms with Crippen LogP contribution in [0.4, 0.5) is 22.0 Å². The van der Waals surface area contributed by atoms with Gasteiger partial charge in [-0.1, -0.05) is 0 Å². The maximum Gasteiger partial charge on any atom is 0.499 e. The molecule has 0 saturated heterocycles. The molecular formula is C14H9F5N2O5. The van der Waals surface area contributed by atoms with E-state index in [-0.39, 0.29) is 10.9 Å². The largest absolute Gasteiger partial charge is 0.505 e. The molecule has 0 aliphatic heterocycles. The second-order valence-corrected chi connectivity index (χ2v) is 4.90. The number of alkyl halides is 5. The summed E-state index contributed by atoms with van der Waals surface area (Å²) >= 11 is 0. The number of benzene rings is 1. The molecule has 0 radical (unpaired) electrons. The molecule has 1 amide bonds. The number of ether oxygens (including phenoxy) is 1. The van der Waals surface area contributed by atoms with E-state index in [9.17, 15) is 36.6 Å². The summed E-state index contributed by atoms with van der Waals surface area (Å²) < 4.78 is 65.9. The van der Waals surface area contributed by atoms with Crippen LogP contribution in [-0.4, -0.2) is 45.9 Å². The maximum absolute atomic E-state index is 12.9. The Morgan fingerprint density at radius 3 is 2.38 bits per heavy atom. The van der Waals surface area contributed by atoms with Gasteiger partial charge in [0.05, 0.1) is 5.52 Å². The summed E-state index contributed by atoms with van der Waals surface area (Å²) in [5.74, 6) is -3.94. The minimum Gasteiger partial charge on any atom is -0.505 e. The van der Waals surface area contributed by atoms with Crippen molar-refractivity contribution in [2.24, 2.45) is 0 Å². The van der Waals surface area contributed by atoms with E-state index < -0.39 is 47.9 Å². The fourth-order valence-corrected chi connectivity index (χ4v) is 1.82. The lowest BCUT2D eigenvalue weighted by atomic mass is 10.1. The quantitative estimate of drug-likeness (QED) is 0.687. The van der Waals surface area contributed by atoms with Crippen LogP contribution in [0.15, 0.2) is 24.3 Å². The standard InChI is InChI=1S/C14H9F5N2O5/c15-13(16,17)14(18,19)26-7-1-2-8-6(3-7)4-9(22)11(21-8)12(25)20-5-10(23)24/h1-4,22H,5H2,(H,20,25)(H,23,24). The van der Waals surface area contributed by atoms with E-state index in [0.29, 0.717) is 0 Å². The zero-order chi connectivity index (χ0) is 19.7. The Morgan fingerprint density at radius 2 is 1.81 bits per heavy atom. The molecule has 140 valence electrons. The molecule has 1 aromatic carbocycles. The first-order chi connectivity index (χ1) is 11.9. The van der Waals surface area contributed by atoms with Gasteiger partial charge in [-0.3, -0.25) is 9.59 Å². The molecule has 0 unspecified atom stereocenters. The Balaban J connectivity index is 2.33. The first-order valence-electron chi connectivity index (χ1n) is 6.68. The molecule has 0 saturated carbocycles. The Kier molecular flexibility index (Phi) is 4.87. The number of hydrogen-bond acceptors (Lipinski definition) is 5. The van der Waals surface area contributed by atoms with Crippen LogP contribution in [0.25, 0.3) is 10.9 Å². The van der Waals surface area contributed by atoms with Gasteiger partial charge in [0.15, 0.2) is 5.69 Å². The van der Waals surface area contributed by atoms with Crippen molar-refractivity contribution in [3.05, 3.63) is 30.0 Å². The normalized spacial score (nSPS) is 12.0. The molecule has 2 rings (SSSR count). The molecule has 1 heterocycles. The molecule has 2 aromatic rings. The summed E-state index contributed by atoms with van der Waals surface area (Å²) in [5.41, 5.74) is -0.584. The van der Waals surface area contributed by atoms with E-state index in [4.69, 9.17) is 5.11 Å². The Bertz CT molecular complexity index is 869. The third kappa shape index (κ3) is 4.07. The summed E-state index contributed by atoms with van der Waals surface area (Å²) in [6.45, 7) is -0.739. The highest BCUT2D eigenvalue weighted by Gasteiger charge is 2.61. The number of halogens is 5. The number of aromatic nitrogens is 1. The van der Waals surface area contributed by atoms with Gasteiger partial charge >= 0.3 is 18.3 Å². The highest BCUT2D eigenvalue weighted by molar-refractivity contribution is 5.99. The summed E-state index contributed by atoms with van der Waals surface area (Å²) in [5, 5.41) is 20.1. The van der Waals surface area contributed by atoms with Crippen LogP contribution >= 0.6 is 0 Å². The number of aromatic hydroxyl groups is 1. The number of amides is 1. The van der Waals surface area contributed by atoms with Crippen LogP contribution in [0, 0.1) is 0 Å². The number of nitrogens with one attached hydrogen (secondary N) is 1. The van der Waals surface area contributed by atoms with E-state index in [1.807, 2.05) is 5.32 Å². The molecule has 7 nitrogen and oxygen atoms in total. The van der Waals surface area contributed by atoms with E-state index in [1.165, 1.54) is 0 Å². The van der Waals surface area contributed by atoms with Crippen LogP contribution in [0.3, 0.4) is 0 Å². The minimum absolute atomic E-state index is 0.0362. The van der Waals surface area contributed by atoms with Gasteiger partial charge in [0, 0.05) is 5.39 Å². The molecular weight excluding hydrogens is 371 g/mol. The number of pyridine rings is 1. The van der Waals surface area contributed by atoms with Crippen molar-refractivity contribution in [3.63, 3.8) is 0 Å². The number of carbonyl (C=O) groups is 2. The third-order valence-electron chi connectivity index (χ3n) is 2.96. The number of hydrogen-bond donors (Lipinski definition) is 3. The first kappa shape index (κ1) is 19.1. The van der Waals surface area contributed by atoms with E-state index >= 15 is 0 Å². The molecule has 0 fully saturated rings. The second kappa shape index (κ2) is 6.61. The average Bonchev–Trinajstić information content (AvgIpc) is 2.50. The lowest BCUT2D eigenvalue weighted by Crippen LogP contribution is -2.41. The number of nitrogens with zero attached hydrogens (tertiary/aromatic N) is 1. The third-order valence-corrected chi connectivity index (χ3v) is 2.96. The Morgan fingerprint density at radius 1 is 1.15 bits per heavy atom. The molecule has 0 spiro atoms. The van der Waals surface area contributed by atoms with Gasteiger partial charge in [-0.05, 0) is 24.3 Å². The summed E-state index contributed by atoms with van der Waals surface area (Å²) in [6, 6.07) is 3.41. The molecule has 0 atom stereocenters. The van der Waals surface area contributed by atoms with Gasteiger partial charge in [0.25, 0.3) is 5.91 Å². The Labute approximate surface area is 141 Å². The summed E-state index contributed by atoms with van der Waals surface area (Å²) in [4.78, 5) is 25.9. The highest BCUT2D eigenvalue weighted by Crippen LogP contribution is 2.38. The predicted molar refractivity (Wildman–Crippen MR) is 75.0 cm³/mol. The SMILES string of the molecule is O=C(O)CNC(=O)c1nc2ccc(OC(F)(F)C(F)(F)F)cc2cc1O. The lowest BCUT2D eigenvalue weighted by Gasteiger charge is -2.20. The molecule has 0 aliphatic rings. The molecule has 26 heavy (non-hydrogen) atoms. The minimum atomic E-state index is -5.92. The van der Waals surface area contributed by atoms with Crippen molar-refractivity contribution in [1.82, 2.24) is 10.3 Å². The smallest absolute Gasteiger partial charge is 0.499 e. The van der Waals surface area contributed by atoms with E-state index in [2.05, 4.69) is 9.72 Å². The molecule has 1 aromatic heterocycles. The van der Waals surface area contributed by atoms with Gasteiger partial charge in [-0.25, -0.2) is 4.98 Å². The number of carboxylic acids is 1. The van der Waals surface area contributed by atoms with Crippen LogP contribution < -0.4 is 10.1 Å². The van der Waals surface area contributed by atoms with Crippen molar-refractivity contribution in [2.75, 3.05) is 6.54 Å². The number of rotatable bonds is 5. The maximum atomic E-state index is 12.9. The number of carboxylic acid groups (broad SMARTS) is 1. The fourth-order valence-electron chi connectivity index (χ4n) is 1.82. The van der Waals surface area contributed by atoms with Crippen molar-refractivity contribution in [2.45, 2.75) is 12.3 Å². The number of carbonyl (C=O) groups excluding carboxylic acids is 1. The fraction of sp³-hybridized carbons (Fsp3) is 0.214. The average molecular weight is 380 g/mol. The topological polar surface area (TPSA) is 109 Å². The molecule has 0 aliphatic carbocycles. The van der Waals surface area contributed by atoms with Crippen molar-refractivity contribution in [1.29, 1.82) is 0 Å². The van der Waals surface area contributed by atoms with E-state index in [0.717, 1.165) is 24.3 Å². The molecule has 12 heteroatoms. The van der Waals surface area contributed by atoms with Crippen LogP contribution in [-0.2, 0) is 4.79 Å². The Hall–Kier alpha value is -3.18. The number of aliphatic carboxylic acids is 1. The molecule has 0 bridgehead atoms. The lowest BCUT2D eigenvalue weighted by molar-refractivity contribution is -0.360. The monoisotopic (exact) mass is 380 g/mol. The van der Waals surface area contributed by atoms with Crippen LogP contribution in [0.2, 0.25) is 0 Å². The second-order valence-electron chi connectivity index (χ2n) is 4.90. The predicted octanol–water partition coefficient (Wildman–Crippen LogP) is 2.29. The zero-order valence-electron chi connectivity index (χ0n) is 12.5. The van der Waals surface area contributed by atoms with Gasteiger partial charge in [0.1, 0.15) is 18.0 Å².